The summed E-state index contributed by atoms with van der Waals surface area (Å²) in [4.78, 5) is 22.6. The summed E-state index contributed by atoms with van der Waals surface area (Å²) >= 11 is 1.52. The van der Waals surface area contributed by atoms with Gasteiger partial charge in [-0.05, 0) is 36.2 Å². The van der Waals surface area contributed by atoms with E-state index in [1.165, 1.54) is 16.9 Å². The van der Waals surface area contributed by atoms with Crippen LogP contribution in [0.3, 0.4) is 0 Å². The molecule has 4 rings (SSSR count). The zero-order chi connectivity index (χ0) is 23.6. The van der Waals surface area contributed by atoms with Gasteiger partial charge in [-0.1, -0.05) is 58.1 Å². The third kappa shape index (κ3) is 5.14. The average Bonchev–Trinajstić information content (AvgIpc) is 3.22. The third-order valence-electron chi connectivity index (χ3n) is 6.05. The number of thiazole rings is 1. The molecule has 1 aromatic heterocycles. The lowest BCUT2D eigenvalue weighted by molar-refractivity contribution is 0.0983. The van der Waals surface area contributed by atoms with Crippen molar-refractivity contribution in [2.75, 3.05) is 44.3 Å². The molecule has 7 heteroatoms. The molecule has 176 valence electrons. The predicted octanol–water partition coefficient (Wildman–Crippen LogP) is 5.35. The van der Waals surface area contributed by atoms with Crippen LogP contribution in [-0.2, 0) is 5.41 Å². The van der Waals surface area contributed by atoms with Gasteiger partial charge in [-0.25, -0.2) is 4.98 Å². The second kappa shape index (κ2) is 9.69. The number of rotatable bonds is 7. The Morgan fingerprint density at radius 1 is 1.00 bits per heavy atom. The van der Waals surface area contributed by atoms with E-state index in [-0.39, 0.29) is 11.3 Å². The molecule has 0 N–H and O–H groups in total. The molecule has 0 saturated heterocycles. The molecule has 0 aliphatic carbocycles. The Morgan fingerprint density at radius 3 is 2.24 bits per heavy atom. The molecule has 0 radical (unpaired) electrons. The van der Waals surface area contributed by atoms with Gasteiger partial charge in [0.15, 0.2) is 16.6 Å². The van der Waals surface area contributed by atoms with E-state index in [1.54, 1.807) is 0 Å². The van der Waals surface area contributed by atoms with Gasteiger partial charge in [0.05, 0.1) is 10.2 Å². The lowest BCUT2D eigenvalue weighted by Gasteiger charge is -2.25. The highest BCUT2D eigenvalue weighted by Gasteiger charge is 2.24. The first-order valence-corrected chi connectivity index (χ1v) is 12.5. The summed E-state index contributed by atoms with van der Waals surface area (Å²) in [6.07, 6.45) is 0. The number of fused-ring (bicyclic) bond motifs is 2. The van der Waals surface area contributed by atoms with E-state index in [0.717, 1.165) is 35.6 Å². The summed E-state index contributed by atoms with van der Waals surface area (Å²) in [5, 5.41) is 0.699. The van der Waals surface area contributed by atoms with Crippen molar-refractivity contribution in [3.8, 4) is 11.5 Å². The summed E-state index contributed by atoms with van der Waals surface area (Å²) in [6.45, 7) is 15.1. The van der Waals surface area contributed by atoms with Crippen LogP contribution >= 0.6 is 11.3 Å². The molecule has 1 aliphatic rings. The zero-order valence-electron chi connectivity index (χ0n) is 20.2. The van der Waals surface area contributed by atoms with Crippen molar-refractivity contribution < 1.29 is 14.3 Å². The van der Waals surface area contributed by atoms with Crippen molar-refractivity contribution in [3.63, 3.8) is 0 Å². The maximum Gasteiger partial charge on any atom is 0.260 e. The standard InChI is InChI=1S/C26H33N3O3S/c1-6-28(7-2)12-13-29(24(30)18-8-10-19(11-9-18)26(3,4)5)25-27-20-16-21-22(17-23(20)33-25)32-15-14-31-21/h8-11,16-17H,6-7,12-15H2,1-5H3. The van der Waals surface area contributed by atoms with Crippen LogP contribution in [0.15, 0.2) is 36.4 Å². The van der Waals surface area contributed by atoms with E-state index in [9.17, 15) is 4.79 Å². The molecule has 6 nitrogen and oxygen atoms in total. The molecule has 0 spiro atoms. The molecule has 33 heavy (non-hydrogen) atoms. The largest absolute Gasteiger partial charge is 0.486 e. The minimum absolute atomic E-state index is 0.0288. The number of nitrogens with zero attached hydrogens (tertiary/aromatic N) is 3. The lowest BCUT2D eigenvalue weighted by atomic mass is 9.86. The lowest BCUT2D eigenvalue weighted by Crippen LogP contribution is -2.38. The second-order valence-electron chi connectivity index (χ2n) is 9.27. The molecule has 0 bridgehead atoms. The monoisotopic (exact) mass is 467 g/mol. The number of hydrogen-bond acceptors (Lipinski definition) is 6. The molecule has 0 unspecified atom stereocenters. The average molecular weight is 468 g/mol. The van der Waals surface area contributed by atoms with Crippen molar-refractivity contribution >= 4 is 32.6 Å². The summed E-state index contributed by atoms with van der Waals surface area (Å²) in [5.41, 5.74) is 2.75. The predicted molar refractivity (Wildman–Crippen MR) is 135 cm³/mol. The van der Waals surface area contributed by atoms with E-state index in [0.29, 0.717) is 36.2 Å². The van der Waals surface area contributed by atoms with Crippen LogP contribution in [0.2, 0.25) is 0 Å². The highest BCUT2D eigenvalue weighted by Crippen LogP contribution is 2.39. The highest BCUT2D eigenvalue weighted by atomic mass is 32.1. The molecule has 0 atom stereocenters. The van der Waals surface area contributed by atoms with Crippen LogP contribution in [0.1, 0.15) is 50.5 Å². The molecular formula is C26H33N3O3S. The summed E-state index contributed by atoms with van der Waals surface area (Å²) < 4.78 is 12.4. The molecule has 0 fully saturated rings. The summed E-state index contributed by atoms with van der Waals surface area (Å²) in [5.74, 6) is 1.42. The van der Waals surface area contributed by atoms with Gasteiger partial charge in [0.1, 0.15) is 13.2 Å². The molecular weight excluding hydrogens is 434 g/mol. The number of benzene rings is 2. The van der Waals surface area contributed by atoms with E-state index in [4.69, 9.17) is 14.5 Å². The van der Waals surface area contributed by atoms with Gasteiger partial charge >= 0.3 is 0 Å². The number of amides is 1. The summed E-state index contributed by atoms with van der Waals surface area (Å²) in [7, 11) is 0. The Bertz CT molecular complexity index is 1070. The first kappa shape index (κ1) is 23.5. The SMILES string of the molecule is CCN(CC)CCN(C(=O)c1ccc(C(C)(C)C)cc1)c1nc2cc3c(cc2s1)OCCO3. The minimum atomic E-state index is -0.0288. The van der Waals surface area contributed by atoms with Crippen LogP contribution in [-0.4, -0.2) is 55.2 Å². The Hall–Kier alpha value is -2.64. The number of carbonyl (C=O) groups is 1. The fraction of sp³-hybridized carbons (Fsp3) is 0.462. The topological polar surface area (TPSA) is 54.9 Å². The number of hydrogen-bond donors (Lipinski definition) is 0. The molecule has 2 heterocycles. The molecule has 3 aromatic rings. The first-order valence-electron chi connectivity index (χ1n) is 11.6. The van der Waals surface area contributed by atoms with Crippen molar-refractivity contribution in [3.05, 3.63) is 47.5 Å². The van der Waals surface area contributed by atoms with E-state index < -0.39 is 0 Å². The minimum Gasteiger partial charge on any atom is -0.486 e. The maximum atomic E-state index is 13.7. The molecule has 0 saturated carbocycles. The van der Waals surface area contributed by atoms with Crippen molar-refractivity contribution in [1.82, 2.24) is 9.88 Å². The van der Waals surface area contributed by atoms with Crippen LogP contribution < -0.4 is 14.4 Å². The smallest absolute Gasteiger partial charge is 0.260 e. The fourth-order valence-corrected chi connectivity index (χ4v) is 4.90. The van der Waals surface area contributed by atoms with Crippen molar-refractivity contribution in [2.45, 2.75) is 40.0 Å². The number of carbonyl (C=O) groups excluding carboxylic acids is 1. The quantitative estimate of drug-likeness (QED) is 0.469. The third-order valence-corrected chi connectivity index (χ3v) is 7.09. The Morgan fingerprint density at radius 2 is 1.64 bits per heavy atom. The van der Waals surface area contributed by atoms with Crippen LogP contribution in [0, 0.1) is 0 Å². The van der Waals surface area contributed by atoms with E-state index in [1.807, 2.05) is 29.2 Å². The van der Waals surface area contributed by atoms with Gasteiger partial charge in [0.2, 0.25) is 0 Å². The second-order valence-corrected chi connectivity index (χ2v) is 10.3. The van der Waals surface area contributed by atoms with Crippen molar-refractivity contribution in [2.24, 2.45) is 0 Å². The van der Waals surface area contributed by atoms with Gasteiger partial charge in [-0.3, -0.25) is 9.69 Å². The highest BCUT2D eigenvalue weighted by molar-refractivity contribution is 7.22. The van der Waals surface area contributed by atoms with E-state index in [2.05, 4.69) is 51.7 Å². The Kier molecular flexibility index (Phi) is 6.91. The Balaban J connectivity index is 1.67. The first-order chi connectivity index (χ1) is 15.8. The fourth-order valence-electron chi connectivity index (χ4n) is 3.90. The molecule has 1 aliphatic heterocycles. The van der Waals surface area contributed by atoms with Crippen molar-refractivity contribution in [1.29, 1.82) is 0 Å². The van der Waals surface area contributed by atoms with Crippen LogP contribution in [0.4, 0.5) is 5.13 Å². The van der Waals surface area contributed by atoms with Gasteiger partial charge in [0, 0.05) is 30.8 Å². The van der Waals surface area contributed by atoms with Crippen LogP contribution in [0.25, 0.3) is 10.2 Å². The number of ether oxygens (including phenoxy) is 2. The van der Waals surface area contributed by atoms with Gasteiger partial charge in [-0.2, -0.15) is 0 Å². The van der Waals surface area contributed by atoms with Crippen LogP contribution in [0.5, 0.6) is 11.5 Å². The Labute approximate surface area is 200 Å². The van der Waals surface area contributed by atoms with Gasteiger partial charge < -0.3 is 14.4 Å². The number of likely N-dealkylation sites (N-methyl/N-ethyl adjacent to an activating group) is 1. The molecule has 2 aromatic carbocycles. The zero-order valence-corrected chi connectivity index (χ0v) is 21.0. The summed E-state index contributed by atoms with van der Waals surface area (Å²) in [6, 6.07) is 11.8. The number of aromatic nitrogens is 1. The van der Waals surface area contributed by atoms with Gasteiger partial charge in [0.25, 0.3) is 5.91 Å². The number of anilines is 1. The normalized spacial score (nSPS) is 13.5. The maximum absolute atomic E-state index is 13.7. The van der Waals surface area contributed by atoms with Gasteiger partial charge in [-0.15, -0.1) is 0 Å². The van der Waals surface area contributed by atoms with E-state index >= 15 is 0 Å². The molecule has 1 amide bonds.